The van der Waals surface area contributed by atoms with Crippen molar-refractivity contribution in [2.75, 3.05) is 6.54 Å². The van der Waals surface area contributed by atoms with Crippen LogP contribution in [-0.4, -0.2) is 37.1 Å². The van der Waals surface area contributed by atoms with Gasteiger partial charge in [0.2, 0.25) is 5.89 Å². The van der Waals surface area contributed by atoms with Gasteiger partial charge in [-0.2, -0.15) is 4.98 Å². The van der Waals surface area contributed by atoms with E-state index in [4.69, 9.17) is 4.52 Å². The zero-order chi connectivity index (χ0) is 15.7. The molecule has 1 atom stereocenters. The molecule has 0 radical (unpaired) electrons. The van der Waals surface area contributed by atoms with Crippen molar-refractivity contribution in [1.29, 1.82) is 0 Å². The summed E-state index contributed by atoms with van der Waals surface area (Å²) in [6.07, 6.45) is 2.88. The summed E-state index contributed by atoms with van der Waals surface area (Å²) in [6.45, 7) is 6.54. The molecular weight excluding hydrogens is 302 g/mol. The zero-order valence-corrected chi connectivity index (χ0v) is 13.8. The lowest BCUT2D eigenvalue weighted by molar-refractivity contribution is 0.0565. The van der Waals surface area contributed by atoms with Gasteiger partial charge >= 0.3 is 0 Å². The molecule has 22 heavy (non-hydrogen) atoms. The Kier molecular flexibility index (Phi) is 4.19. The number of hydrogen-bond acceptors (Lipinski definition) is 7. The van der Waals surface area contributed by atoms with Crippen LogP contribution in [0.3, 0.4) is 0 Å². The summed E-state index contributed by atoms with van der Waals surface area (Å²) in [4.78, 5) is 19.7. The van der Waals surface area contributed by atoms with Crippen molar-refractivity contribution < 1.29 is 9.32 Å². The molecule has 0 aromatic carbocycles. The number of aromatic nitrogens is 4. The molecule has 2 aromatic heterocycles. The quantitative estimate of drug-likeness (QED) is 0.864. The fraction of sp³-hybridized carbons (Fsp3) is 0.643. The maximum Gasteiger partial charge on any atom is 0.268 e. The third kappa shape index (κ3) is 2.75. The van der Waals surface area contributed by atoms with Crippen LogP contribution in [0.4, 0.5) is 0 Å². The van der Waals surface area contributed by atoms with Crippen LogP contribution in [0.15, 0.2) is 4.52 Å². The Morgan fingerprint density at radius 2 is 2.23 bits per heavy atom. The first-order valence-corrected chi connectivity index (χ1v) is 8.28. The zero-order valence-electron chi connectivity index (χ0n) is 12.9. The molecule has 0 N–H and O–H groups in total. The average Bonchev–Trinajstić information content (AvgIpc) is 3.15. The van der Waals surface area contributed by atoms with E-state index in [-0.39, 0.29) is 17.9 Å². The Balaban J connectivity index is 1.87. The number of aryl methyl sites for hydroxylation is 1. The van der Waals surface area contributed by atoms with Crippen molar-refractivity contribution in [3.63, 3.8) is 0 Å². The summed E-state index contributed by atoms with van der Waals surface area (Å²) in [6, 6.07) is -0.150. The molecule has 1 aliphatic rings. The standard InChI is InChI=1S/C14H19N5O2S/c1-8(2)12-15-13(21-17-12)10-6-4-5-7-19(10)14(20)11-9(3)16-18-22-11/h8,10H,4-7H2,1-3H3/t10-/m1/s1. The van der Waals surface area contributed by atoms with Crippen molar-refractivity contribution in [3.05, 3.63) is 22.3 Å². The maximum atomic E-state index is 12.8. The number of likely N-dealkylation sites (tertiary alicyclic amines) is 1. The largest absolute Gasteiger partial charge is 0.337 e. The highest BCUT2D eigenvalue weighted by Gasteiger charge is 2.34. The number of piperidine rings is 1. The number of carbonyl (C=O) groups is 1. The van der Waals surface area contributed by atoms with E-state index in [0.717, 1.165) is 30.8 Å². The molecule has 3 rings (SSSR count). The summed E-state index contributed by atoms with van der Waals surface area (Å²) < 4.78 is 9.27. The fourth-order valence-corrected chi connectivity index (χ4v) is 3.22. The summed E-state index contributed by atoms with van der Waals surface area (Å²) in [5.74, 6) is 1.38. The van der Waals surface area contributed by atoms with Gasteiger partial charge in [-0.15, -0.1) is 5.10 Å². The van der Waals surface area contributed by atoms with Gasteiger partial charge in [-0.25, -0.2) is 0 Å². The van der Waals surface area contributed by atoms with E-state index in [2.05, 4.69) is 19.7 Å². The van der Waals surface area contributed by atoms with Crippen molar-refractivity contribution in [3.8, 4) is 0 Å². The predicted octanol–water partition coefficient (Wildman–Crippen LogP) is 2.72. The Labute approximate surface area is 132 Å². The average molecular weight is 321 g/mol. The smallest absolute Gasteiger partial charge is 0.268 e. The van der Waals surface area contributed by atoms with Gasteiger partial charge in [0.05, 0.1) is 5.69 Å². The SMILES string of the molecule is Cc1nnsc1C(=O)N1CCCC[C@@H]1c1nc(C(C)C)no1. The van der Waals surface area contributed by atoms with Gasteiger partial charge in [-0.05, 0) is 37.7 Å². The monoisotopic (exact) mass is 321 g/mol. The summed E-state index contributed by atoms with van der Waals surface area (Å²) in [7, 11) is 0. The molecule has 3 heterocycles. The van der Waals surface area contributed by atoms with Crippen LogP contribution < -0.4 is 0 Å². The van der Waals surface area contributed by atoms with E-state index < -0.39 is 0 Å². The van der Waals surface area contributed by atoms with Crippen LogP contribution in [-0.2, 0) is 0 Å². The van der Waals surface area contributed by atoms with Gasteiger partial charge in [0.25, 0.3) is 5.91 Å². The highest BCUT2D eigenvalue weighted by atomic mass is 32.1. The van der Waals surface area contributed by atoms with E-state index in [0.29, 0.717) is 28.8 Å². The lowest BCUT2D eigenvalue weighted by Gasteiger charge is -2.33. The molecule has 0 bridgehead atoms. The van der Waals surface area contributed by atoms with Crippen LogP contribution in [0, 0.1) is 6.92 Å². The van der Waals surface area contributed by atoms with Gasteiger partial charge in [-0.1, -0.05) is 23.5 Å². The highest BCUT2D eigenvalue weighted by molar-refractivity contribution is 7.07. The molecule has 0 spiro atoms. The Bertz CT molecular complexity index is 666. The maximum absolute atomic E-state index is 12.8. The molecule has 118 valence electrons. The molecule has 1 saturated heterocycles. The van der Waals surface area contributed by atoms with Crippen molar-refractivity contribution >= 4 is 17.4 Å². The van der Waals surface area contributed by atoms with E-state index in [1.807, 2.05) is 18.7 Å². The van der Waals surface area contributed by atoms with Gasteiger partial charge in [-0.3, -0.25) is 4.79 Å². The van der Waals surface area contributed by atoms with Gasteiger partial charge in [0.15, 0.2) is 5.82 Å². The number of hydrogen-bond donors (Lipinski definition) is 0. The molecule has 0 aliphatic carbocycles. The van der Waals surface area contributed by atoms with Crippen molar-refractivity contribution in [2.45, 2.75) is 52.0 Å². The van der Waals surface area contributed by atoms with Gasteiger partial charge < -0.3 is 9.42 Å². The summed E-state index contributed by atoms with van der Waals surface area (Å²) in [5, 5.41) is 7.95. The Hall–Kier alpha value is -1.83. The van der Waals surface area contributed by atoms with Crippen molar-refractivity contribution in [2.24, 2.45) is 0 Å². The first kappa shape index (κ1) is 15.1. The molecular formula is C14H19N5O2S. The van der Waals surface area contributed by atoms with E-state index in [1.54, 1.807) is 6.92 Å². The van der Waals surface area contributed by atoms with Crippen LogP contribution >= 0.6 is 11.5 Å². The number of carbonyl (C=O) groups excluding carboxylic acids is 1. The van der Waals surface area contributed by atoms with E-state index in [1.165, 1.54) is 0 Å². The molecule has 8 heteroatoms. The van der Waals surface area contributed by atoms with Gasteiger partial charge in [0.1, 0.15) is 10.9 Å². The lowest BCUT2D eigenvalue weighted by Crippen LogP contribution is -2.38. The van der Waals surface area contributed by atoms with Crippen LogP contribution in [0.1, 0.15) is 72.2 Å². The van der Waals surface area contributed by atoms with Crippen LogP contribution in [0.25, 0.3) is 0 Å². The second-order valence-electron chi connectivity index (χ2n) is 5.84. The normalized spacial score (nSPS) is 18.9. The van der Waals surface area contributed by atoms with E-state index in [9.17, 15) is 4.79 Å². The molecule has 1 amide bonds. The molecule has 1 fully saturated rings. The minimum atomic E-state index is -0.150. The Morgan fingerprint density at radius 1 is 1.41 bits per heavy atom. The van der Waals surface area contributed by atoms with Crippen LogP contribution in [0.5, 0.6) is 0 Å². The predicted molar refractivity (Wildman–Crippen MR) is 80.7 cm³/mol. The topological polar surface area (TPSA) is 85.0 Å². The second-order valence-corrected chi connectivity index (χ2v) is 6.60. The first-order chi connectivity index (χ1) is 10.6. The minimum absolute atomic E-state index is 0.0403. The fourth-order valence-electron chi connectivity index (χ4n) is 2.61. The lowest BCUT2D eigenvalue weighted by atomic mass is 10.0. The number of amides is 1. The Morgan fingerprint density at radius 3 is 2.86 bits per heavy atom. The van der Waals surface area contributed by atoms with Crippen LogP contribution in [0.2, 0.25) is 0 Å². The summed E-state index contributed by atoms with van der Waals surface area (Å²) in [5.41, 5.74) is 0.674. The number of rotatable bonds is 3. The van der Waals surface area contributed by atoms with E-state index >= 15 is 0 Å². The van der Waals surface area contributed by atoms with Crippen molar-refractivity contribution in [1.82, 2.24) is 24.6 Å². The molecule has 1 aliphatic heterocycles. The third-order valence-corrected chi connectivity index (χ3v) is 4.68. The highest BCUT2D eigenvalue weighted by Crippen LogP contribution is 2.32. The minimum Gasteiger partial charge on any atom is -0.337 e. The molecule has 0 unspecified atom stereocenters. The van der Waals surface area contributed by atoms with Gasteiger partial charge in [0, 0.05) is 12.5 Å². The molecule has 7 nitrogen and oxygen atoms in total. The molecule has 2 aromatic rings. The third-order valence-electron chi connectivity index (χ3n) is 3.87. The first-order valence-electron chi connectivity index (χ1n) is 7.51. The second kappa shape index (κ2) is 6.12. The summed E-state index contributed by atoms with van der Waals surface area (Å²) >= 11 is 1.14. The number of nitrogens with zero attached hydrogens (tertiary/aromatic N) is 5. The molecule has 0 saturated carbocycles.